The Kier molecular flexibility index (Phi) is 3.32. The zero-order valence-corrected chi connectivity index (χ0v) is 8.16. The van der Waals surface area contributed by atoms with E-state index in [2.05, 4.69) is 11.9 Å². The third-order valence-corrected chi connectivity index (χ3v) is 2.18. The summed E-state index contributed by atoms with van der Waals surface area (Å²) in [5.41, 5.74) is 1.15. The van der Waals surface area contributed by atoms with Crippen LogP contribution in [0.1, 0.15) is 5.56 Å². The van der Waals surface area contributed by atoms with Crippen molar-refractivity contribution < 1.29 is 4.39 Å². The van der Waals surface area contributed by atoms with E-state index in [-0.39, 0.29) is 5.02 Å². The molecule has 0 fully saturated rings. The first kappa shape index (κ1) is 10.1. The van der Waals surface area contributed by atoms with Gasteiger partial charge < -0.3 is 5.32 Å². The van der Waals surface area contributed by atoms with Crippen molar-refractivity contribution in [2.45, 2.75) is 6.92 Å². The Bertz CT molecular complexity index is 323. The van der Waals surface area contributed by atoms with Crippen molar-refractivity contribution in [3.05, 3.63) is 41.2 Å². The second-order valence-electron chi connectivity index (χ2n) is 2.73. The summed E-state index contributed by atoms with van der Waals surface area (Å²) in [7, 11) is 0. The van der Waals surface area contributed by atoms with Gasteiger partial charge in [0.25, 0.3) is 0 Å². The number of benzene rings is 1. The molecule has 0 radical (unpaired) electrons. The Balaban J connectivity index is 2.96. The average Bonchev–Trinajstić information content (AvgIpc) is 2.13. The molecule has 1 aromatic rings. The molecule has 13 heavy (non-hydrogen) atoms. The highest BCUT2D eigenvalue weighted by Crippen LogP contribution is 2.25. The standard InChI is InChI=1S/C10H11ClFN/c1-3-6-13-8-5-4-7(2)9(11)10(8)12/h3-5,13H,1,6H2,2H3. The zero-order chi connectivity index (χ0) is 9.84. The Labute approximate surface area is 82.2 Å². The second kappa shape index (κ2) is 4.28. The normalized spacial score (nSPS) is 9.77. The number of aryl methyl sites for hydroxylation is 1. The summed E-state index contributed by atoms with van der Waals surface area (Å²) in [6.45, 7) is 5.82. The minimum atomic E-state index is -0.400. The van der Waals surface area contributed by atoms with Gasteiger partial charge in [-0.3, -0.25) is 0 Å². The maximum absolute atomic E-state index is 13.4. The molecule has 3 heteroatoms. The van der Waals surface area contributed by atoms with E-state index >= 15 is 0 Å². The number of anilines is 1. The van der Waals surface area contributed by atoms with Crippen LogP contribution in [0.2, 0.25) is 5.02 Å². The van der Waals surface area contributed by atoms with E-state index in [0.29, 0.717) is 12.2 Å². The Morgan fingerprint density at radius 1 is 1.62 bits per heavy atom. The molecule has 0 bridgehead atoms. The molecule has 0 atom stereocenters. The van der Waals surface area contributed by atoms with E-state index in [9.17, 15) is 4.39 Å². The molecule has 0 heterocycles. The highest BCUT2D eigenvalue weighted by Gasteiger charge is 2.07. The molecule has 1 rings (SSSR count). The number of nitrogens with one attached hydrogen (secondary N) is 1. The van der Waals surface area contributed by atoms with Crippen molar-refractivity contribution >= 4 is 17.3 Å². The Hall–Kier alpha value is -1.02. The summed E-state index contributed by atoms with van der Waals surface area (Å²) in [4.78, 5) is 0. The van der Waals surface area contributed by atoms with E-state index in [1.54, 1.807) is 25.1 Å². The van der Waals surface area contributed by atoms with Crippen molar-refractivity contribution in [2.75, 3.05) is 11.9 Å². The van der Waals surface area contributed by atoms with Crippen LogP contribution in [-0.4, -0.2) is 6.54 Å². The van der Waals surface area contributed by atoms with Crippen LogP contribution in [0.15, 0.2) is 24.8 Å². The van der Waals surface area contributed by atoms with Crippen LogP contribution in [0.25, 0.3) is 0 Å². The van der Waals surface area contributed by atoms with Gasteiger partial charge in [0, 0.05) is 6.54 Å². The molecule has 70 valence electrons. The smallest absolute Gasteiger partial charge is 0.165 e. The molecule has 0 saturated heterocycles. The number of halogens is 2. The first-order valence-corrected chi connectivity index (χ1v) is 4.34. The molecule has 0 amide bonds. The molecular formula is C10H11ClFN. The topological polar surface area (TPSA) is 12.0 Å². The van der Waals surface area contributed by atoms with Gasteiger partial charge in [0.1, 0.15) is 0 Å². The monoisotopic (exact) mass is 199 g/mol. The van der Waals surface area contributed by atoms with Crippen molar-refractivity contribution in [1.29, 1.82) is 0 Å². The molecule has 0 aliphatic heterocycles. The van der Waals surface area contributed by atoms with Gasteiger partial charge in [0.2, 0.25) is 0 Å². The van der Waals surface area contributed by atoms with Gasteiger partial charge >= 0.3 is 0 Å². The fraction of sp³-hybridized carbons (Fsp3) is 0.200. The van der Waals surface area contributed by atoms with Crippen LogP contribution >= 0.6 is 11.6 Å². The van der Waals surface area contributed by atoms with Crippen LogP contribution in [0.4, 0.5) is 10.1 Å². The van der Waals surface area contributed by atoms with Crippen LogP contribution in [0.3, 0.4) is 0 Å². The molecule has 1 nitrogen and oxygen atoms in total. The number of hydrogen-bond acceptors (Lipinski definition) is 1. The highest BCUT2D eigenvalue weighted by atomic mass is 35.5. The molecular weight excluding hydrogens is 189 g/mol. The maximum Gasteiger partial charge on any atom is 0.165 e. The van der Waals surface area contributed by atoms with Gasteiger partial charge in [0.15, 0.2) is 5.82 Å². The van der Waals surface area contributed by atoms with E-state index < -0.39 is 5.82 Å². The van der Waals surface area contributed by atoms with E-state index in [0.717, 1.165) is 5.56 Å². The first-order valence-electron chi connectivity index (χ1n) is 3.96. The fourth-order valence-electron chi connectivity index (χ4n) is 0.965. The minimum Gasteiger partial charge on any atom is -0.379 e. The van der Waals surface area contributed by atoms with E-state index in [1.165, 1.54) is 0 Å². The van der Waals surface area contributed by atoms with Gasteiger partial charge in [-0.1, -0.05) is 23.7 Å². The molecule has 0 saturated carbocycles. The summed E-state index contributed by atoms with van der Waals surface area (Å²) in [5.74, 6) is -0.400. The lowest BCUT2D eigenvalue weighted by atomic mass is 10.2. The first-order chi connectivity index (χ1) is 6.16. The van der Waals surface area contributed by atoms with Gasteiger partial charge in [0.05, 0.1) is 10.7 Å². The molecule has 0 spiro atoms. The predicted octanol–water partition coefficient (Wildman–Crippen LogP) is 3.39. The van der Waals surface area contributed by atoms with Crippen LogP contribution in [0, 0.1) is 12.7 Å². The van der Waals surface area contributed by atoms with Gasteiger partial charge in [-0.05, 0) is 18.6 Å². The molecule has 0 unspecified atom stereocenters. The Morgan fingerprint density at radius 3 is 2.92 bits per heavy atom. The minimum absolute atomic E-state index is 0.175. The number of rotatable bonds is 3. The molecule has 1 aromatic carbocycles. The van der Waals surface area contributed by atoms with Crippen LogP contribution in [0.5, 0.6) is 0 Å². The quantitative estimate of drug-likeness (QED) is 0.736. The number of hydrogen-bond donors (Lipinski definition) is 1. The third kappa shape index (κ3) is 2.22. The molecule has 0 aliphatic carbocycles. The lowest BCUT2D eigenvalue weighted by Crippen LogP contribution is -2.01. The second-order valence-corrected chi connectivity index (χ2v) is 3.11. The molecule has 0 aromatic heterocycles. The van der Waals surface area contributed by atoms with E-state index in [1.807, 2.05) is 0 Å². The Morgan fingerprint density at radius 2 is 2.31 bits per heavy atom. The highest BCUT2D eigenvalue weighted by molar-refractivity contribution is 6.31. The van der Waals surface area contributed by atoms with Gasteiger partial charge in [-0.15, -0.1) is 6.58 Å². The summed E-state index contributed by atoms with van der Waals surface area (Å²) >= 11 is 5.72. The third-order valence-electron chi connectivity index (χ3n) is 1.71. The van der Waals surface area contributed by atoms with E-state index in [4.69, 9.17) is 11.6 Å². The zero-order valence-electron chi connectivity index (χ0n) is 7.40. The van der Waals surface area contributed by atoms with Crippen molar-refractivity contribution in [3.8, 4) is 0 Å². The van der Waals surface area contributed by atoms with Gasteiger partial charge in [-0.25, -0.2) is 4.39 Å². The summed E-state index contributed by atoms with van der Waals surface area (Å²) < 4.78 is 13.4. The average molecular weight is 200 g/mol. The van der Waals surface area contributed by atoms with Crippen molar-refractivity contribution in [3.63, 3.8) is 0 Å². The van der Waals surface area contributed by atoms with Crippen molar-refractivity contribution in [1.82, 2.24) is 0 Å². The largest absolute Gasteiger partial charge is 0.379 e. The molecule has 0 aliphatic rings. The van der Waals surface area contributed by atoms with Crippen LogP contribution in [-0.2, 0) is 0 Å². The van der Waals surface area contributed by atoms with Crippen LogP contribution < -0.4 is 5.32 Å². The SMILES string of the molecule is C=CCNc1ccc(C)c(Cl)c1F. The summed E-state index contributed by atoms with van der Waals surface area (Å²) in [5, 5.41) is 3.03. The summed E-state index contributed by atoms with van der Waals surface area (Å²) in [6, 6.07) is 3.44. The maximum atomic E-state index is 13.4. The molecule has 1 N–H and O–H groups in total. The predicted molar refractivity (Wildman–Crippen MR) is 54.8 cm³/mol. The lowest BCUT2D eigenvalue weighted by Gasteiger charge is -2.07. The fourth-order valence-corrected chi connectivity index (χ4v) is 1.13. The van der Waals surface area contributed by atoms with Crippen molar-refractivity contribution in [2.24, 2.45) is 0 Å². The van der Waals surface area contributed by atoms with Gasteiger partial charge in [-0.2, -0.15) is 0 Å². The lowest BCUT2D eigenvalue weighted by molar-refractivity contribution is 0.630. The summed E-state index contributed by atoms with van der Waals surface area (Å²) in [6.07, 6.45) is 1.66.